The zero-order valence-electron chi connectivity index (χ0n) is 9.97. The normalized spacial score (nSPS) is 18.5. The summed E-state index contributed by atoms with van der Waals surface area (Å²) in [7, 11) is 0. The topological polar surface area (TPSA) is 97.1 Å². The molecule has 1 fully saturated rings. The van der Waals surface area contributed by atoms with E-state index in [0.717, 1.165) is 10.2 Å². The maximum absolute atomic E-state index is 12.2. The summed E-state index contributed by atoms with van der Waals surface area (Å²) in [4.78, 5) is 28.6. The number of anilines is 1. The summed E-state index contributed by atoms with van der Waals surface area (Å²) >= 11 is 1.26. The minimum Gasteiger partial charge on any atom is -0.397 e. The second-order valence-electron chi connectivity index (χ2n) is 4.38. The third-order valence-electron chi connectivity index (χ3n) is 3.02. The van der Waals surface area contributed by atoms with Crippen LogP contribution in [0.3, 0.4) is 0 Å². The van der Waals surface area contributed by atoms with Gasteiger partial charge < -0.3 is 16.4 Å². The van der Waals surface area contributed by atoms with Gasteiger partial charge in [0.05, 0.1) is 11.7 Å². The van der Waals surface area contributed by atoms with Gasteiger partial charge in [-0.1, -0.05) is 0 Å². The molecule has 0 aliphatic carbocycles. The van der Waals surface area contributed by atoms with Gasteiger partial charge in [0.15, 0.2) is 0 Å². The third kappa shape index (κ3) is 2.12. The van der Waals surface area contributed by atoms with Gasteiger partial charge in [0.2, 0.25) is 5.91 Å². The van der Waals surface area contributed by atoms with E-state index in [-0.39, 0.29) is 17.9 Å². The lowest BCUT2D eigenvalue weighted by Gasteiger charge is -2.09. The fourth-order valence-electron chi connectivity index (χ4n) is 2.08. The van der Waals surface area contributed by atoms with Gasteiger partial charge in [-0.2, -0.15) is 0 Å². The van der Waals surface area contributed by atoms with Gasteiger partial charge in [0.25, 0.3) is 5.91 Å². The van der Waals surface area contributed by atoms with Crippen LogP contribution in [0.25, 0.3) is 10.2 Å². The van der Waals surface area contributed by atoms with Crippen molar-refractivity contribution >= 4 is 39.1 Å². The molecular formula is C12H12N4O2S. The first-order valence-corrected chi connectivity index (χ1v) is 6.67. The summed E-state index contributed by atoms with van der Waals surface area (Å²) in [6.07, 6.45) is 1.98. The maximum atomic E-state index is 12.2. The Morgan fingerprint density at radius 3 is 3.11 bits per heavy atom. The first kappa shape index (κ1) is 11.9. The molecule has 3 heterocycles. The number of nitrogens with two attached hydrogens (primary N) is 1. The van der Waals surface area contributed by atoms with Gasteiger partial charge in [-0.05, 0) is 12.1 Å². The first-order chi connectivity index (χ1) is 9.15. The summed E-state index contributed by atoms with van der Waals surface area (Å²) in [6, 6.07) is 3.45. The molecule has 2 aromatic rings. The van der Waals surface area contributed by atoms with Crippen molar-refractivity contribution < 1.29 is 9.59 Å². The maximum Gasteiger partial charge on any atom is 0.263 e. The first-order valence-electron chi connectivity index (χ1n) is 5.85. The minimum absolute atomic E-state index is 0.0451. The Morgan fingerprint density at radius 2 is 2.42 bits per heavy atom. The molecule has 0 radical (unpaired) electrons. The molecule has 2 amide bonds. The SMILES string of the molecule is Nc1c(C(=O)NC2CNC(=O)C2)sc2ncccc12. The van der Waals surface area contributed by atoms with E-state index in [2.05, 4.69) is 15.6 Å². The van der Waals surface area contributed by atoms with E-state index in [1.54, 1.807) is 12.3 Å². The molecule has 98 valence electrons. The smallest absolute Gasteiger partial charge is 0.263 e. The van der Waals surface area contributed by atoms with E-state index >= 15 is 0 Å². The molecule has 3 rings (SSSR count). The van der Waals surface area contributed by atoms with Crippen molar-refractivity contribution in [1.82, 2.24) is 15.6 Å². The second kappa shape index (κ2) is 4.51. The van der Waals surface area contributed by atoms with Gasteiger partial charge in [-0.3, -0.25) is 9.59 Å². The predicted molar refractivity (Wildman–Crippen MR) is 72.9 cm³/mol. The quantitative estimate of drug-likeness (QED) is 0.744. The molecule has 0 aromatic carbocycles. The Hall–Kier alpha value is -2.15. The zero-order chi connectivity index (χ0) is 13.4. The summed E-state index contributed by atoms with van der Waals surface area (Å²) in [6.45, 7) is 0.466. The van der Waals surface area contributed by atoms with E-state index in [0.29, 0.717) is 23.5 Å². The molecule has 1 aliphatic heterocycles. The monoisotopic (exact) mass is 276 g/mol. The molecule has 4 N–H and O–H groups in total. The summed E-state index contributed by atoms with van der Waals surface area (Å²) in [5.74, 6) is -0.293. The highest BCUT2D eigenvalue weighted by Crippen LogP contribution is 2.31. The number of thiophene rings is 1. The zero-order valence-corrected chi connectivity index (χ0v) is 10.8. The molecule has 0 saturated carbocycles. The molecule has 1 unspecified atom stereocenters. The number of hydrogen-bond donors (Lipinski definition) is 3. The Bertz CT molecular complexity index is 667. The Balaban J connectivity index is 1.85. The van der Waals surface area contributed by atoms with Gasteiger partial charge in [-0.15, -0.1) is 11.3 Å². The van der Waals surface area contributed by atoms with Crippen LogP contribution in [-0.4, -0.2) is 29.4 Å². The number of aromatic nitrogens is 1. The fourth-order valence-corrected chi connectivity index (χ4v) is 3.04. The molecule has 0 spiro atoms. The van der Waals surface area contributed by atoms with Crippen molar-refractivity contribution in [2.45, 2.75) is 12.5 Å². The van der Waals surface area contributed by atoms with Crippen LogP contribution in [-0.2, 0) is 4.79 Å². The average Bonchev–Trinajstić information content (AvgIpc) is 2.94. The highest BCUT2D eigenvalue weighted by atomic mass is 32.1. The minimum atomic E-state index is -0.248. The van der Waals surface area contributed by atoms with E-state index in [9.17, 15) is 9.59 Å². The number of amides is 2. The number of nitrogens with one attached hydrogen (secondary N) is 2. The van der Waals surface area contributed by atoms with Crippen LogP contribution in [0, 0.1) is 0 Å². The largest absolute Gasteiger partial charge is 0.397 e. The summed E-state index contributed by atoms with van der Waals surface area (Å²) in [5.41, 5.74) is 6.42. The number of nitrogens with zero attached hydrogens (tertiary/aromatic N) is 1. The average molecular weight is 276 g/mol. The number of rotatable bonds is 2. The molecule has 1 saturated heterocycles. The molecule has 2 aromatic heterocycles. The molecule has 1 atom stereocenters. The van der Waals surface area contributed by atoms with Gasteiger partial charge in [0.1, 0.15) is 9.71 Å². The molecule has 6 nitrogen and oxygen atoms in total. The summed E-state index contributed by atoms with van der Waals surface area (Å²) in [5, 5.41) is 6.27. The van der Waals surface area contributed by atoms with Crippen LogP contribution >= 0.6 is 11.3 Å². The lowest BCUT2D eigenvalue weighted by Crippen LogP contribution is -2.36. The van der Waals surface area contributed by atoms with Crippen molar-refractivity contribution in [2.24, 2.45) is 0 Å². The highest BCUT2D eigenvalue weighted by molar-refractivity contribution is 7.21. The second-order valence-corrected chi connectivity index (χ2v) is 5.38. The van der Waals surface area contributed by atoms with Crippen molar-refractivity contribution in [2.75, 3.05) is 12.3 Å². The standard InChI is InChI=1S/C12H12N4O2S/c13-9-7-2-1-3-14-12(7)19-10(9)11(18)16-6-4-8(17)15-5-6/h1-3,6H,4-5,13H2,(H,15,17)(H,16,18). The number of pyridine rings is 1. The number of carbonyl (C=O) groups is 2. The van der Waals surface area contributed by atoms with Crippen LogP contribution in [0.4, 0.5) is 5.69 Å². The number of fused-ring (bicyclic) bond motifs is 1. The van der Waals surface area contributed by atoms with Crippen molar-refractivity contribution in [3.8, 4) is 0 Å². The molecule has 0 bridgehead atoms. The summed E-state index contributed by atoms with van der Waals surface area (Å²) < 4.78 is 0. The van der Waals surface area contributed by atoms with E-state index < -0.39 is 0 Å². The molecule has 7 heteroatoms. The Kier molecular flexibility index (Phi) is 2.83. The van der Waals surface area contributed by atoms with Crippen molar-refractivity contribution in [3.63, 3.8) is 0 Å². The van der Waals surface area contributed by atoms with Crippen LogP contribution in [0.15, 0.2) is 18.3 Å². The Labute approximate surface area is 113 Å². The Morgan fingerprint density at radius 1 is 1.58 bits per heavy atom. The number of nitrogen functional groups attached to an aromatic ring is 1. The van der Waals surface area contributed by atoms with E-state index in [1.165, 1.54) is 11.3 Å². The van der Waals surface area contributed by atoms with Crippen LogP contribution in [0.1, 0.15) is 16.1 Å². The van der Waals surface area contributed by atoms with Crippen molar-refractivity contribution in [3.05, 3.63) is 23.2 Å². The van der Waals surface area contributed by atoms with Crippen molar-refractivity contribution in [1.29, 1.82) is 0 Å². The number of hydrogen-bond acceptors (Lipinski definition) is 5. The highest BCUT2D eigenvalue weighted by Gasteiger charge is 2.25. The third-order valence-corrected chi connectivity index (χ3v) is 4.15. The lowest BCUT2D eigenvalue weighted by atomic mass is 10.2. The van der Waals surface area contributed by atoms with Crippen LogP contribution in [0.5, 0.6) is 0 Å². The molecule has 19 heavy (non-hydrogen) atoms. The van der Waals surface area contributed by atoms with E-state index in [1.807, 2.05) is 6.07 Å². The number of carbonyl (C=O) groups excluding carboxylic acids is 2. The van der Waals surface area contributed by atoms with Gasteiger partial charge >= 0.3 is 0 Å². The van der Waals surface area contributed by atoms with Gasteiger partial charge in [-0.25, -0.2) is 4.98 Å². The molecular weight excluding hydrogens is 264 g/mol. The predicted octanol–water partition coefficient (Wildman–Crippen LogP) is 0.497. The van der Waals surface area contributed by atoms with Crippen LogP contribution < -0.4 is 16.4 Å². The van der Waals surface area contributed by atoms with Gasteiger partial charge in [0, 0.05) is 24.5 Å². The van der Waals surface area contributed by atoms with Crippen LogP contribution in [0.2, 0.25) is 0 Å². The van der Waals surface area contributed by atoms with E-state index in [4.69, 9.17) is 5.73 Å². The molecule has 1 aliphatic rings. The fraction of sp³-hybridized carbons (Fsp3) is 0.250. The lowest BCUT2D eigenvalue weighted by molar-refractivity contribution is -0.119.